The third-order valence-electron chi connectivity index (χ3n) is 4.55. The van der Waals surface area contributed by atoms with Crippen molar-refractivity contribution in [1.82, 2.24) is 20.3 Å². The molecule has 0 spiro atoms. The Morgan fingerprint density at radius 1 is 1.20 bits per heavy atom. The van der Waals surface area contributed by atoms with E-state index in [-0.39, 0.29) is 5.56 Å². The van der Waals surface area contributed by atoms with Crippen LogP contribution in [0, 0.1) is 0 Å². The molecule has 0 saturated carbocycles. The molecule has 1 aliphatic heterocycles. The van der Waals surface area contributed by atoms with Crippen molar-refractivity contribution in [3.05, 3.63) is 58.3 Å². The summed E-state index contributed by atoms with van der Waals surface area (Å²) < 4.78 is 0. The molecule has 2 aromatic heterocycles. The molecular formula is C18H19N5O2. The lowest BCUT2D eigenvalue weighted by atomic mass is 9.98. The number of imidazole rings is 1. The monoisotopic (exact) mass is 337 g/mol. The van der Waals surface area contributed by atoms with Gasteiger partial charge in [0.2, 0.25) is 0 Å². The Balaban J connectivity index is 1.57. The summed E-state index contributed by atoms with van der Waals surface area (Å²) in [6.07, 6.45) is 3.64. The van der Waals surface area contributed by atoms with Crippen LogP contribution in [-0.4, -0.2) is 33.9 Å². The number of aromatic nitrogens is 3. The number of benzene rings is 1. The number of pyridine rings is 1. The maximum Gasteiger partial charge on any atom is 0.261 e. The smallest absolute Gasteiger partial charge is 0.261 e. The number of anilines is 1. The summed E-state index contributed by atoms with van der Waals surface area (Å²) in [5, 5.41) is 6.12. The molecule has 0 bridgehead atoms. The van der Waals surface area contributed by atoms with Gasteiger partial charge in [-0.25, -0.2) is 4.98 Å². The molecule has 0 radical (unpaired) electrons. The highest BCUT2D eigenvalue weighted by atomic mass is 16.2. The normalized spacial score (nSPS) is 15.4. The van der Waals surface area contributed by atoms with Gasteiger partial charge >= 0.3 is 0 Å². The fourth-order valence-corrected chi connectivity index (χ4v) is 3.19. The van der Waals surface area contributed by atoms with Crippen LogP contribution >= 0.6 is 0 Å². The molecule has 128 valence electrons. The summed E-state index contributed by atoms with van der Waals surface area (Å²) in [4.78, 5) is 34.5. The molecule has 0 aliphatic carbocycles. The molecule has 1 aliphatic rings. The number of hydrogen-bond donors (Lipinski definition) is 4. The number of H-pyrrole nitrogens is 2. The van der Waals surface area contributed by atoms with Crippen molar-refractivity contribution in [2.75, 3.05) is 18.4 Å². The Kier molecular flexibility index (Phi) is 4.07. The van der Waals surface area contributed by atoms with Gasteiger partial charge in [0.1, 0.15) is 11.4 Å². The highest BCUT2D eigenvalue weighted by molar-refractivity contribution is 6.04. The average molecular weight is 337 g/mol. The zero-order valence-electron chi connectivity index (χ0n) is 13.6. The number of nitrogens with one attached hydrogen (secondary N) is 4. The molecule has 3 heterocycles. The first kappa shape index (κ1) is 15.6. The number of hydrogen-bond acceptors (Lipinski definition) is 4. The number of carbonyl (C=O) groups is 1. The Morgan fingerprint density at radius 3 is 2.84 bits per heavy atom. The molecule has 4 N–H and O–H groups in total. The van der Waals surface area contributed by atoms with Gasteiger partial charge in [-0.3, -0.25) is 9.59 Å². The second-order valence-electron chi connectivity index (χ2n) is 6.25. The Bertz CT molecular complexity index is 969. The number of aromatic amines is 2. The standard InChI is InChI=1S/C18H19N5O2/c24-17-13(2-1-7-20-17)18(25)21-12-3-4-14-15(10-12)23-16(22-14)11-5-8-19-9-6-11/h1-4,7,10-11,19H,5-6,8-9H2,(H,20,24)(H,21,25)(H,22,23). The summed E-state index contributed by atoms with van der Waals surface area (Å²) in [7, 11) is 0. The topological polar surface area (TPSA) is 103 Å². The lowest BCUT2D eigenvalue weighted by Crippen LogP contribution is -2.27. The summed E-state index contributed by atoms with van der Waals surface area (Å²) in [6, 6.07) is 8.64. The number of rotatable bonds is 3. The SMILES string of the molecule is O=C(Nc1ccc2nc(C3CCNCC3)[nH]c2c1)c1ccc[nH]c1=O. The molecule has 1 aromatic carbocycles. The molecule has 1 amide bonds. The van der Waals surface area contributed by atoms with Crippen LogP contribution in [0.25, 0.3) is 11.0 Å². The number of nitrogens with zero attached hydrogens (tertiary/aromatic N) is 1. The minimum Gasteiger partial charge on any atom is -0.342 e. The highest BCUT2D eigenvalue weighted by Gasteiger charge is 2.19. The Morgan fingerprint density at radius 2 is 2.04 bits per heavy atom. The average Bonchev–Trinajstić information content (AvgIpc) is 3.06. The van der Waals surface area contributed by atoms with Crippen molar-refractivity contribution in [3.63, 3.8) is 0 Å². The number of carbonyl (C=O) groups excluding carboxylic acids is 1. The zero-order chi connectivity index (χ0) is 17.2. The van der Waals surface area contributed by atoms with E-state index in [2.05, 4.69) is 25.6 Å². The van der Waals surface area contributed by atoms with E-state index >= 15 is 0 Å². The molecule has 4 rings (SSSR count). The first-order valence-corrected chi connectivity index (χ1v) is 8.40. The Labute approximate surface area is 143 Å². The van der Waals surface area contributed by atoms with Crippen molar-refractivity contribution in [3.8, 4) is 0 Å². The molecule has 0 atom stereocenters. The maximum atomic E-state index is 12.3. The highest BCUT2D eigenvalue weighted by Crippen LogP contribution is 2.26. The fourth-order valence-electron chi connectivity index (χ4n) is 3.19. The van der Waals surface area contributed by atoms with Crippen molar-refractivity contribution < 1.29 is 4.79 Å². The van der Waals surface area contributed by atoms with E-state index in [4.69, 9.17) is 0 Å². The molecule has 1 fully saturated rings. The second kappa shape index (κ2) is 6.52. The van der Waals surface area contributed by atoms with Crippen LogP contribution in [0.4, 0.5) is 5.69 Å². The van der Waals surface area contributed by atoms with Gasteiger partial charge in [0, 0.05) is 17.8 Å². The fraction of sp³-hybridized carbons (Fsp3) is 0.278. The summed E-state index contributed by atoms with van der Waals surface area (Å²) in [5.74, 6) is 1.01. The van der Waals surface area contributed by atoms with Crippen LogP contribution < -0.4 is 16.2 Å². The molecule has 3 aromatic rings. The number of piperidine rings is 1. The quantitative estimate of drug-likeness (QED) is 0.587. The summed E-state index contributed by atoms with van der Waals surface area (Å²) >= 11 is 0. The molecule has 1 saturated heterocycles. The predicted molar refractivity (Wildman–Crippen MR) is 96.0 cm³/mol. The summed E-state index contributed by atoms with van der Waals surface area (Å²) in [5.41, 5.74) is 2.07. The van der Waals surface area contributed by atoms with Crippen LogP contribution in [0.2, 0.25) is 0 Å². The molecule has 7 nitrogen and oxygen atoms in total. The lowest BCUT2D eigenvalue weighted by Gasteiger charge is -2.20. The largest absolute Gasteiger partial charge is 0.342 e. The molecule has 0 unspecified atom stereocenters. The van der Waals surface area contributed by atoms with E-state index < -0.39 is 11.5 Å². The predicted octanol–water partition coefficient (Wildman–Crippen LogP) is 1.97. The van der Waals surface area contributed by atoms with E-state index in [0.717, 1.165) is 42.8 Å². The van der Waals surface area contributed by atoms with Gasteiger partial charge < -0.3 is 20.6 Å². The van der Waals surface area contributed by atoms with Crippen molar-refractivity contribution in [2.24, 2.45) is 0 Å². The number of amides is 1. The van der Waals surface area contributed by atoms with Gasteiger partial charge in [-0.2, -0.15) is 0 Å². The van der Waals surface area contributed by atoms with Gasteiger partial charge in [0.05, 0.1) is 11.0 Å². The van der Waals surface area contributed by atoms with Crippen LogP contribution in [-0.2, 0) is 0 Å². The van der Waals surface area contributed by atoms with Crippen molar-refractivity contribution >= 4 is 22.6 Å². The van der Waals surface area contributed by atoms with Crippen molar-refractivity contribution in [2.45, 2.75) is 18.8 Å². The third kappa shape index (κ3) is 3.18. The van der Waals surface area contributed by atoms with Crippen LogP contribution in [0.15, 0.2) is 41.3 Å². The van der Waals surface area contributed by atoms with Gasteiger partial charge in [-0.1, -0.05) is 0 Å². The first-order chi connectivity index (χ1) is 12.2. The third-order valence-corrected chi connectivity index (χ3v) is 4.55. The van der Waals surface area contributed by atoms with Crippen molar-refractivity contribution in [1.29, 1.82) is 0 Å². The zero-order valence-corrected chi connectivity index (χ0v) is 13.6. The van der Waals surface area contributed by atoms with Gasteiger partial charge in [-0.15, -0.1) is 0 Å². The van der Waals surface area contributed by atoms with Gasteiger partial charge in [-0.05, 0) is 56.3 Å². The molecule has 25 heavy (non-hydrogen) atoms. The van der Waals surface area contributed by atoms with E-state index in [0.29, 0.717) is 11.6 Å². The van der Waals surface area contributed by atoms with E-state index in [1.165, 1.54) is 12.3 Å². The Hall–Kier alpha value is -2.93. The van der Waals surface area contributed by atoms with Gasteiger partial charge in [0.25, 0.3) is 11.5 Å². The minimum atomic E-state index is -0.431. The van der Waals surface area contributed by atoms with Gasteiger partial charge in [0.15, 0.2) is 0 Å². The van der Waals surface area contributed by atoms with Crippen LogP contribution in [0.5, 0.6) is 0 Å². The van der Waals surface area contributed by atoms with E-state index in [9.17, 15) is 9.59 Å². The van der Waals surface area contributed by atoms with E-state index in [1.54, 1.807) is 12.1 Å². The maximum absolute atomic E-state index is 12.3. The molecule has 7 heteroatoms. The number of fused-ring (bicyclic) bond motifs is 1. The lowest BCUT2D eigenvalue weighted by molar-refractivity contribution is 0.102. The molecular weight excluding hydrogens is 318 g/mol. The van der Waals surface area contributed by atoms with Crippen LogP contribution in [0.3, 0.4) is 0 Å². The second-order valence-corrected chi connectivity index (χ2v) is 6.25. The minimum absolute atomic E-state index is 0.0857. The van der Waals surface area contributed by atoms with Crippen LogP contribution in [0.1, 0.15) is 34.9 Å². The summed E-state index contributed by atoms with van der Waals surface area (Å²) in [6.45, 7) is 2.02. The van der Waals surface area contributed by atoms with E-state index in [1.807, 2.05) is 12.1 Å². The first-order valence-electron chi connectivity index (χ1n) is 8.40.